The van der Waals surface area contributed by atoms with Gasteiger partial charge in [-0.3, -0.25) is 9.78 Å². The molecule has 0 bridgehead atoms. The van der Waals surface area contributed by atoms with Crippen LogP contribution in [0.25, 0.3) is 28.0 Å². The van der Waals surface area contributed by atoms with Crippen LogP contribution in [0.3, 0.4) is 0 Å². The summed E-state index contributed by atoms with van der Waals surface area (Å²) in [4.78, 5) is 19.6. The van der Waals surface area contributed by atoms with Crippen molar-refractivity contribution >= 4 is 10.9 Å². The van der Waals surface area contributed by atoms with Gasteiger partial charge in [0, 0.05) is 12.4 Å². The number of aryl methyl sites for hydroxylation is 1. The Hall–Kier alpha value is -3.21. The number of benzene rings is 2. The molecule has 0 aliphatic carbocycles. The minimum atomic E-state index is -0.172. The zero-order valence-electron chi connectivity index (χ0n) is 12.5. The summed E-state index contributed by atoms with van der Waals surface area (Å²) in [6.45, 7) is 2.05. The van der Waals surface area contributed by atoms with Gasteiger partial charge in [0.25, 0.3) is 5.56 Å². The number of nitrogens with zero attached hydrogens (tertiary/aromatic N) is 3. The third kappa shape index (κ3) is 2.42. The Labute approximate surface area is 132 Å². The molecule has 0 aliphatic rings. The van der Waals surface area contributed by atoms with Crippen LogP contribution in [0.2, 0.25) is 0 Å². The molecule has 4 aromatic rings. The van der Waals surface area contributed by atoms with E-state index < -0.39 is 0 Å². The van der Waals surface area contributed by atoms with E-state index in [0.717, 1.165) is 11.1 Å². The fraction of sp³-hybridized carbons (Fsp3) is 0.0556. The molecule has 0 unspecified atom stereocenters. The first-order valence-electron chi connectivity index (χ1n) is 7.32. The van der Waals surface area contributed by atoms with Crippen LogP contribution in [-0.2, 0) is 0 Å². The van der Waals surface area contributed by atoms with Gasteiger partial charge in [-0.1, -0.05) is 35.9 Å². The number of aromatic nitrogens is 4. The summed E-state index contributed by atoms with van der Waals surface area (Å²) in [5.74, 6) is 0.413. The molecule has 5 heteroatoms. The zero-order valence-corrected chi connectivity index (χ0v) is 12.5. The van der Waals surface area contributed by atoms with Crippen molar-refractivity contribution in [3.05, 3.63) is 76.8 Å². The molecule has 4 rings (SSSR count). The van der Waals surface area contributed by atoms with Crippen LogP contribution in [0.4, 0.5) is 0 Å². The van der Waals surface area contributed by atoms with Crippen LogP contribution < -0.4 is 5.56 Å². The number of aromatic amines is 1. The van der Waals surface area contributed by atoms with Crippen molar-refractivity contribution in [2.24, 2.45) is 0 Å². The number of rotatable bonds is 2. The van der Waals surface area contributed by atoms with Crippen LogP contribution in [0.15, 0.2) is 65.7 Å². The average molecular weight is 302 g/mol. The predicted octanol–water partition coefficient (Wildman–Crippen LogP) is 3.08. The Morgan fingerprint density at radius 2 is 1.83 bits per heavy atom. The van der Waals surface area contributed by atoms with E-state index in [0.29, 0.717) is 16.9 Å². The highest BCUT2D eigenvalue weighted by molar-refractivity contribution is 5.84. The second-order valence-electron chi connectivity index (χ2n) is 5.44. The van der Waals surface area contributed by atoms with E-state index >= 15 is 0 Å². The van der Waals surface area contributed by atoms with Gasteiger partial charge in [0.1, 0.15) is 0 Å². The van der Waals surface area contributed by atoms with E-state index in [2.05, 4.69) is 46.3 Å². The predicted molar refractivity (Wildman–Crippen MR) is 89.7 cm³/mol. The molecule has 2 heterocycles. The molecule has 0 fully saturated rings. The number of nitrogens with one attached hydrogen (secondary N) is 1. The number of H-pyrrole nitrogens is 1. The summed E-state index contributed by atoms with van der Waals surface area (Å²) in [6.07, 6.45) is 3.38. The topological polar surface area (TPSA) is 63.6 Å². The van der Waals surface area contributed by atoms with Crippen LogP contribution in [-0.4, -0.2) is 19.7 Å². The van der Waals surface area contributed by atoms with Crippen molar-refractivity contribution in [3.63, 3.8) is 0 Å². The Balaban J connectivity index is 1.87. The van der Waals surface area contributed by atoms with E-state index in [4.69, 9.17) is 0 Å². The summed E-state index contributed by atoms with van der Waals surface area (Å²) in [5.41, 5.74) is 3.76. The van der Waals surface area contributed by atoms with Crippen LogP contribution in [0, 0.1) is 6.92 Å². The molecule has 2 aromatic carbocycles. The van der Waals surface area contributed by atoms with Gasteiger partial charge in [0.2, 0.25) is 5.95 Å². The van der Waals surface area contributed by atoms with Crippen molar-refractivity contribution in [3.8, 4) is 17.1 Å². The Morgan fingerprint density at radius 3 is 2.57 bits per heavy atom. The van der Waals surface area contributed by atoms with Crippen LogP contribution in [0.5, 0.6) is 0 Å². The first kappa shape index (κ1) is 13.5. The first-order chi connectivity index (χ1) is 11.2. The summed E-state index contributed by atoms with van der Waals surface area (Å²) < 4.78 is 1.54. The highest BCUT2D eigenvalue weighted by Gasteiger charge is 2.07. The van der Waals surface area contributed by atoms with Gasteiger partial charge in [0.05, 0.1) is 10.9 Å². The molecule has 1 N–H and O–H groups in total. The lowest BCUT2D eigenvalue weighted by Crippen LogP contribution is -2.13. The van der Waals surface area contributed by atoms with Crippen molar-refractivity contribution in [1.82, 2.24) is 19.7 Å². The zero-order chi connectivity index (χ0) is 15.8. The van der Waals surface area contributed by atoms with E-state index in [1.807, 2.05) is 18.2 Å². The third-order valence-electron chi connectivity index (χ3n) is 3.80. The number of hydrogen-bond donors (Lipinski definition) is 1. The largest absolute Gasteiger partial charge is 0.290 e. The van der Waals surface area contributed by atoms with Gasteiger partial charge >= 0.3 is 0 Å². The quantitative estimate of drug-likeness (QED) is 0.619. The van der Waals surface area contributed by atoms with Gasteiger partial charge in [-0.2, -0.15) is 5.10 Å². The normalized spacial score (nSPS) is 11.0. The fourth-order valence-corrected chi connectivity index (χ4v) is 2.55. The second-order valence-corrected chi connectivity index (χ2v) is 5.44. The molecule has 23 heavy (non-hydrogen) atoms. The molecule has 0 saturated carbocycles. The number of hydrogen-bond acceptors (Lipinski definition) is 3. The van der Waals surface area contributed by atoms with Gasteiger partial charge in [0.15, 0.2) is 0 Å². The highest BCUT2D eigenvalue weighted by Crippen LogP contribution is 2.22. The summed E-state index contributed by atoms with van der Waals surface area (Å²) >= 11 is 0. The van der Waals surface area contributed by atoms with E-state index in [1.165, 1.54) is 10.2 Å². The standard InChI is InChI=1S/C18H14N4O/c1-12-3-5-13(6-4-12)14-7-8-16-15(11-14)17(23)21-18(20-16)22-10-2-9-19-22/h2-11H,1H3,(H,20,21,23). The van der Waals surface area contributed by atoms with Crippen molar-refractivity contribution < 1.29 is 0 Å². The van der Waals surface area contributed by atoms with Gasteiger partial charge < -0.3 is 0 Å². The Kier molecular flexibility index (Phi) is 3.05. The molecular formula is C18H14N4O. The molecule has 0 radical (unpaired) electrons. The first-order valence-corrected chi connectivity index (χ1v) is 7.32. The molecule has 0 aliphatic heterocycles. The molecule has 0 spiro atoms. The molecular weight excluding hydrogens is 288 g/mol. The van der Waals surface area contributed by atoms with Crippen LogP contribution in [0.1, 0.15) is 5.56 Å². The number of fused-ring (bicyclic) bond motifs is 1. The fourth-order valence-electron chi connectivity index (χ4n) is 2.55. The maximum atomic E-state index is 12.4. The summed E-state index contributed by atoms with van der Waals surface area (Å²) in [6, 6.07) is 15.7. The molecule has 0 atom stereocenters. The van der Waals surface area contributed by atoms with Crippen LogP contribution >= 0.6 is 0 Å². The summed E-state index contributed by atoms with van der Waals surface area (Å²) in [7, 11) is 0. The second kappa shape index (κ2) is 5.21. The van der Waals surface area contributed by atoms with Gasteiger partial charge in [-0.25, -0.2) is 9.67 Å². The SMILES string of the molecule is Cc1ccc(-c2ccc3nc(-n4cccn4)[nH]c(=O)c3c2)cc1. The van der Waals surface area contributed by atoms with Crippen molar-refractivity contribution in [2.75, 3.05) is 0 Å². The minimum Gasteiger partial charge on any atom is -0.290 e. The van der Waals surface area contributed by atoms with Crippen molar-refractivity contribution in [2.45, 2.75) is 6.92 Å². The molecule has 0 saturated heterocycles. The van der Waals surface area contributed by atoms with E-state index in [1.54, 1.807) is 18.5 Å². The lowest BCUT2D eigenvalue weighted by molar-refractivity contribution is 0.810. The molecule has 5 nitrogen and oxygen atoms in total. The smallest absolute Gasteiger partial charge is 0.260 e. The third-order valence-corrected chi connectivity index (χ3v) is 3.80. The lowest BCUT2D eigenvalue weighted by atomic mass is 10.0. The van der Waals surface area contributed by atoms with Gasteiger partial charge in [-0.05, 0) is 36.2 Å². The van der Waals surface area contributed by atoms with E-state index in [-0.39, 0.29) is 5.56 Å². The molecule has 0 amide bonds. The Bertz CT molecular complexity index is 1030. The van der Waals surface area contributed by atoms with Crippen molar-refractivity contribution in [1.29, 1.82) is 0 Å². The average Bonchev–Trinajstić information content (AvgIpc) is 3.10. The lowest BCUT2D eigenvalue weighted by Gasteiger charge is -2.06. The maximum Gasteiger partial charge on any atom is 0.260 e. The summed E-state index contributed by atoms with van der Waals surface area (Å²) in [5, 5.41) is 4.66. The van der Waals surface area contributed by atoms with Gasteiger partial charge in [-0.15, -0.1) is 0 Å². The highest BCUT2D eigenvalue weighted by atomic mass is 16.1. The van der Waals surface area contributed by atoms with E-state index in [9.17, 15) is 4.79 Å². The minimum absolute atomic E-state index is 0.172. The monoisotopic (exact) mass is 302 g/mol. The maximum absolute atomic E-state index is 12.4. The Morgan fingerprint density at radius 1 is 1.04 bits per heavy atom. The molecule has 112 valence electrons. The molecule has 2 aromatic heterocycles.